The van der Waals surface area contributed by atoms with Gasteiger partial charge >= 0.3 is 12.1 Å². The smallest absolute Gasteiger partial charge is 0.410 e. The molecule has 0 spiro atoms. The zero-order valence-electron chi connectivity index (χ0n) is 22.7. The number of aryl methyl sites for hydroxylation is 1. The van der Waals surface area contributed by atoms with Gasteiger partial charge in [0.25, 0.3) is 0 Å². The van der Waals surface area contributed by atoms with Crippen LogP contribution >= 0.6 is 0 Å². The predicted molar refractivity (Wildman–Crippen MR) is 140 cm³/mol. The summed E-state index contributed by atoms with van der Waals surface area (Å²) in [6.45, 7) is 5.33. The minimum absolute atomic E-state index is 0.0586. The molecule has 210 valence electrons. The van der Waals surface area contributed by atoms with Gasteiger partial charge in [0.05, 0.1) is 24.9 Å². The summed E-state index contributed by atoms with van der Waals surface area (Å²) in [4.78, 5) is 38.3. The number of nitriles is 1. The van der Waals surface area contributed by atoms with E-state index in [0.29, 0.717) is 11.3 Å². The van der Waals surface area contributed by atoms with Crippen molar-refractivity contribution in [3.05, 3.63) is 42.0 Å². The minimum Gasteiger partial charge on any atom is -0.486 e. The number of hydrogen-bond donors (Lipinski definition) is 1. The number of carbonyl (C=O) groups excluding carboxylic acids is 2. The molecule has 0 bridgehead atoms. The lowest BCUT2D eigenvalue weighted by molar-refractivity contribution is -0.0106. The number of alkyl halides is 1. The maximum absolute atomic E-state index is 15.0. The third kappa shape index (κ3) is 6.60. The number of esters is 1. The lowest BCUT2D eigenvalue weighted by Gasteiger charge is -2.35. The number of piperidine rings is 1. The van der Waals surface area contributed by atoms with Gasteiger partial charge in [-0.1, -0.05) is 0 Å². The van der Waals surface area contributed by atoms with Gasteiger partial charge in [-0.05, 0) is 39.0 Å². The molecule has 2 unspecified atom stereocenters. The Bertz CT molecular complexity index is 1450. The molecule has 3 heterocycles. The summed E-state index contributed by atoms with van der Waals surface area (Å²) in [7, 11) is 2.90. The van der Waals surface area contributed by atoms with E-state index in [9.17, 15) is 19.2 Å². The van der Waals surface area contributed by atoms with Gasteiger partial charge in [0, 0.05) is 31.8 Å². The highest BCUT2D eigenvalue weighted by molar-refractivity contribution is 5.94. The molecule has 40 heavy (non-hydrogen) atoms. The number of carbonyl (C=O) groups is 2. The minimum atomic E-state index is -1.47. The summed E-state index contributed by atoms with van der Waals surface area (Å²) in [5, 5.41) is 16.8. The van der Waals surface area contributed by atoms with Crippen LogP contribution in [0, 0.1) is 11.3 Å². The first-order valence-corrected chi connectivity index (χ1v) is 12.4. The topological polar surface area (TPSA) is 157 Å². The fourth-order valence-electron chi connectivity index (χ4n) is 3.97. The Kier molecular flexibility index (Phi) is 8.13. The molecule has 4 rings (SSSR count). The fourth-order valence-corrected chi connectivity index (χ4v) is 3.97. The summed E-state index contributed by atoms with van der Waals surface area (Å²) in [5.41, 5.74) is 0.370. The third-order valence-electron chi connectivity index (χ3n) is 5.80. The van der Waals surface area contributed by atoms with E-state index in [0.717, 1.165) is 0 Å². The molecule has 0 radical (unpaired) electrons. The number of anilines is 2. The van der Waals surface area contributed by atoms with Crippen LogP contribution < -0.4 is 10.1 Å². The molecule has 1 aliphatic rings. The number of rotatable bonds is 6. The Hall–Kier alpha value is -4.80. The average molecular weight is 553 g/mol. The summed E-state index contributed by atoms with van der Waals surface area (Å²) in [5.74, 6) is -0.0372. The second kappa shape index (κ2) is 11.5. The fraction of sp³-hybridized carbons (Fsp3) is 0.423. The second-order valence-electron chi connectivity index (χ2n) is 10.0. The van der Waals surface area contributed by atoms with E-state index in [2.05, 4.69) is 31.4 Å². The number of aromatic nitrogens is 5. The van der Waals surface area contributed by atoms with Crippen molar-refractivity contribution >= 4 is 23.7 Å². The molecular weight excluding hydrogens is 523 g/mol. The summed E-state index contributed by atoms with van der Waals surface area (Å²) in [6.07, 6.45) is 0.206. The SMILES string of the molecule is COC(=O)c1nn(C)cc1Nc1ncnc(-c2ccc(OC3CCN(C(=O)OC(C)(C)C)CC3F)c(C#N)c2)n1. The van der Waals surface area contributed by atoms with E-state index < -0.39 is 29.9 Å². The zero-order chi connectivity index (χ0) is 29.0. The first kappa shape index (κ1) is 28.2. The molecule has 0 saturated carbocycles. The number of nitrogens with zero attached hydrogens (tertiary/aromatic N) is 7. The number of hydrogen-bond acceptors (Lipinski definition) is 11. The van der Waals surface area contributed by atoms with Crippen molar-refractivity contribution in [3.63, 3.8) is 0 Å². The van der Waals surface area contributed by atoms with Crippen molar-refractivity contribution < 1.29 is 28.2 Å². The van der Waals surface area contributed by atoms with Crippen molar-refractivity contribution in [1.82, 2.24) is 29.6 Å². The molecule has 13 nitrogen and oxygen atoms in total. The van der Waals surface area contributed by atoms with Gasteiger partial charge in [-0.25, -0.2) is 23.9 Å². The molecule has 1 fully saturated rings. The molecule has 3 aromatic rings. The van der Waals surface area contributed by atoms with E-state index in [4.69, 9.17) is 14.2 Å². The lowest BCUT2D eigenvalue weighted by Crippen LogP contribution is -2.50. The van der Waals surface area contributed by atoms with E-state index in [1.807, 2.05) is 0 Å². The highest BCUT2D eigenvalue weighted by Gasteiger charge is 2.35. The van der Waals surface area contributed by atoms with Crippen LogP contribution in [0.1, 0.15) is 43.2 Å². The van der Waals surface area contributed by atoms with Crippen LogP contribution in [0.5, 0.6) is 5.75 Å². The van der Waals surface area contributed by atoms with Crippen molar-refractivity contribution in [1.29, 1.82) is 5.26 Å². The van der Waals surface area contributed by atoms with Crippen molar-refractivity contribution in [2.24, 2.45) is 7.05 Å². The van der Waals surface area contributed by atoms with Crippen LogP contribution in [0.3, 0.4) is 0 Å². The summed E-state index contributed by atoms with van der Waals surface area (Å²) < 4.78 is 32.3. The van der Waals surface area contributed by atoms with E-state index in [1.54, 1.807) is 46.1 Å². The van der Waals surface area contributed by atoms with Crippen LogP contribution in [0.2, 0.25) is 0 Å². The summed E-state index contributed by atoms with van der Waals surface area (Å²) in [6, 6.07) is 6.79. The number of methoxy groups -OCH3 is 1. The number of halogens is 1. The first-order valence-electron chi connectivity index (χ1n) is 12.4. The molecule has 0 aliphatic carbocycles. The number of ether oxygens (including phenoxy) is 3. The molecule has 1 saturated heterocycles. The molecule has 1 aromatic carbocycles. The Morgan fingerprint density at radius 3 is 2.70 bits per heavy atom. The number of amides is 1. The average Bonchev–Trinajstić information content (AvgIpc) is 3.28. The normalized spacial score (nSPS) is 17.1. The van der Waals surface area contributed by atoms with Crippen LogP contribution in [-0.4, -0.2) is 79.8 Å². The van der Waals surface area contributed by atoms with E-state index >= 15 is 0 Å². The standard InChI is InChI=1S/C26H29FN8O5/c1-26(2,3)40-25(37)35-9-8-20(17(27)12-35)39-19-7-6-15(10-16(19)11-28)22-29-14-30-24(32-22)31-18-13-34(4)33-21(18)23(36)38-5/h6-7,10,13-14,17,20H,8-9,12H2,1-5H3,(H,29,30,31,32). The van der Waals surface area contributed by atoms with Gasteiger partial charge < -0.3 is 24.4 Å². The zero-order valence-corrected chi connectivity index (χ0v) is 22.7. The van der Waals surface area contributed by atoms with E-state index in [1.165, 1.54) is 29.1 Å². The second-order valence-corrected chi connectivity index (χ2v) is 10.0. The molecular formula is C26H29FN8O5. The van der Waals surface area contributed by atoms with E-state index in [-0.39, 0.29) is 48.3 Å². The predicted octanol–water partition coefficient (Wildman–Crippen LogP) is 3.40. The molecule has 1 N–H and O–H groups in total. The van der Waals surface area contributed by atoms with Crippen molar-refractivity contribution in [2.75, 3.05) is 25.5 Å². The highest BCUT2D eigenvalue weighted by atomic mass is 19.1. The van der Waals surface area contributed by atoms with Crippen molar-refractivity contribution in [2.45, 2.75) is 45.1 Å². The van der Waals surface area contributed by atoms with Crippen molar-refractivity contribution in [3.8, 4) is 23.2 Å². The molecule has 14 heteroatoms. The molecule has 2 atom stereocenters. The van der Waals surface area contributed by atoms with Gasteiger partial charge in [0.1, 0.15) is 29.9 Å². The first-order chi connectivity index (χ1) is 19.0. The summed E-state index contributed by atoms with van der Waals surface area (Å²) >= 11 is 0. The Labute approximate surface area is 229 Å². The van der Waals surface area contributed by atoms with Gasteiger partial charge in [0.15, 0.2) is 17.7 Å². The van der Waals surface area contributed by atoms with Gasteiger partial charge in [-0.2, -0.15) is 15.3 Å². The van der Waals surface area contributed by atoms with Crippen LogP contribution in [0.4, 0.5) is 20.8 Å². The Morgan fingerprint density at radius 2 is 2.02 bits per heavy atom. The van der Waals surface area contributed by atoms with Crippen LogP contribution in [0.15, 0.2) is 30.7 Å². The number of likely N-dealkylation sites (tertiary alicyclic amines) is 1. The van der Waals surface area contributed by atoms with Gasteiger partial charge in [-0.3, -0.25) is 4.68 Å². The highest BCUT2D eigenvalue weighted by Crippen LogP contribution is 2.29. The Balaban J connectivity index is 1.47. The van der Waals surface area contributed by atoms with Gasteiger partial charge in [0.2, 0.25) is 5.95 Å². The third-order valence-corrected chi connectivity index (χ3v) is 5.80. The quantitative estimate of drug-likeness (QED) is 0.447. The Morgan fingerprint density at radius 1 is 1.25 bits per heavy atom. The lowest BCUT2D eigenvalue weighted by atomic mass is 10.1. The monoisotopic (exact) mass is 552 g/mol. The largest absolute Gasteiger partial charge is 0.486 e. The maximum Gasteiger partial charge on any atom is 0.410 e. The molecule has 2 aromatic heterocycles. The molecule has 1 amide bonds. The van der Waals surface area contributed by atoms with Gasteiger partial charge in [-0.15, -0.1) is 0 Å². The number of benzene rings is 1. The maximum atomic E-state index is 15.0. The van der Waals surface area contributed by atoms with Crippen LogP contribution in [0.25, 0.3) is 11.4 Å². The van der Waals surface area contributed by atoms with Crippen LogP contribution in [-0.2, 0) is 16.5 Å². The molecule has 1 aliphatic heterocycles. The number of nitrogens with one attached hydrogen (secondary N) is 1.